The molecule has 0 unspecified atom stereocenters. The molecule has 1 aromatic heterocycles. The van der Waals surface area contributed by atoms with Gasteiger partial charge >= 0.3 is 11.8 Å². The monoisotopic (exact) mass is 477 g/mol. The molecular weight excluding hydrogens is 450 g/mol. The Bertz CT molecular complexity index is 1030. The number of nitrogens with zero attached hydrogens (tertiary/aromatic N) is 4. The van der Waals surface area contributed by atoms with Gasteiger partial charge in [0.1, 0.15) is 16.4 Å². The van der Waals surface area contributed by atoms with Crippen molar-refractivity contribution in [2.75, 3.05) is 30.3 Å². The van der Waals surface area contributed by atoms with Crippen molar-refractivity contribution in [1.82, 2.24) is 9.88 Å². The summed E-state index contributed by atoms with van der Waals surface area (Å²) in [5.41, 5.74) is 5.55. The molecule has 11 heteroatoms. The predicted molar refractivity (Wildman–Crippen MR) is 126 cm³/mol. The number of nitrogens with two attached hydrogens (primary N) is 1. The number of halogens is 1. The summed E-state index contributed by atoms with van der Waals surface area (Å²) in [7, 11) is 0. The van der Waals surface area contributed by atoms with Gasteiger partial charge in [-0.15, -0.1) is 0 Å². The summed E-state index contributed by atoms with van der Waals surface area (Å²) in [4.78, 5) is 30.9. The molecule has 1 atom stereocenters. The second-order valence-electron chi connectivity index (χ2n) is 8.70. The molecule has 2 heterocycles. The molecule has 10 nitrogen and oxygen atoms in total. The molecule has 1 aromatic carbocycles. The number of carbonyl (C=O) groups is 1. The van der Waals surface area contributed by atoms with Gasteiger partial charge < -0.3 is 25.0 Å². The molecule has 178 valence electrons. The van der Waals surface area contributed by atoms with Crippen LogP contribution in [0.2, 0.25) is 5.02 Å². The average Bonchev–Trinajstić information content (AvgIpc) is 2.75. The van der Waals surface area contributed by atoms with Crippen molar-refractivity contribution >= 4 is 34.9 Å². The van der Waals surface area contributed by atoms with E-state index in [1.807, 2.05) is 39.8 Å². The van der Waals surface area contributed by atoms with Crippen LogP contribution >= 0.6 is 11.6 Å². The van der Waals surface area contributed by atoms with Gasteiger partial charge in [-0.05, 0) is 51.5 Å². The van der Waals surface area contributed by atoms with E-state index in [4.69, 9.17) is 26.8 Å². The van der Waals surface area contributed by atoms with Crippen molar-refractivity contribution in [2.24, 2.45) is 0 Å². The molecule has 0 aliphatic carbocycles. The maximum Gasteiger partial charge on any atom is 0.410 e. The average molecular weight is 478 g/mol. The van der Waals surface area contributed by atoms with Gasteiger partial charge in [-0.25, -0.2) is 9.78 Å². The fraction of sp³-hybridized carbons (Fsp3) is 0.455. The predicted octanol–water partition coefficient (Wildman–Crippen LogP) is 4.85. The summed E-state index contributed by atoms with van der Waals surface area (Å²) in [5.74, 6) is -0.0581. The third kappa shape index (κ3) is 5.75. The fourth-order valence-corrected chi connectivity index (χ4v) is 3.77. The Morgan fingerprint density at radius 2 is 1.97 bits per heavy atom. The number of hydrogen-bond donors (Lipinski definition) is 1. The van der Waals surface area contributed by atoms with Crippen LogP contribution in [0.5, 0.6) is 11.5 Å². The van der Waals surface area contributed by atoms with Crippen LogP contribution in [0, 0.1) is 10.1 Å². The number of hydrogen-bond acceptors (Lipinski definition) is 8. The second-order valence-corrected chi connectivity index (χ2v) is 9.11. The van der Waals surface area contributed by atoms with Crippen molar-refractivity contribution < 1.29 is 19.2 Å². The second kappa shape index (κ2) is 9.70. The van der Waals surface area contributed by atoms with E-state index in [0.29, 0.717) is 25.4 Å². The summed E-state index contributed by atoms with van der Waals surface area (Å²) < 4.78 is 11.2. The van der Waals surface area contributed by atoms with Crippen LogP contribution in [0.15, 0.2) is 30.5 Å². The number of pyridine rings is 1. The first-order chi connectivity index (χ1) is 15.5. The Kier molecular flexibility index (Phi) is 7.16. The number of carbonyl (C=O) groups excluding carboxylic acids is 1. The smallest absolute Gasteiger partial charge is 0.410 e. The third-order valence-electron chi connectivity index (χ3n) is 5.18. The molecule has 3 rings (SSSR count). The first-order valence-electron chi connectivity index (χ1n) is 10.6. The molecule has 2 aromatic rings. The van der Waals surface area contributed by atoms with Crippen LogP contribution in [-0.4, -0.2) is 52.2 Å². The molecule has 0 bridgehead atoms. The maximum atomic E-state index is 12.6. The zero-order chi connectivity index (χ0) is 24.3. The van der Waals surface area contributed by atoms with Crippen molar-refractivity contribution in [1.29, 1.82) is 0 Å². The number of amides is 1. The van der Waals surface area contributed by atoms with E-state index < -0.39 is 16.2 Å². The van der Waals surface area contributed by atoms with Crippen molar-refractivity contribution in [3.8, 4) is 11.5 Å². The maximum absolute atomic E-state index is 12.6. The van der Waals surface area contributed by atoms with Gasteiger partial charge in [-0.2, -0.15) is 0 Å². The standard InChI is InChI=1S/C22H28ClN5O5/c1-5-14-13-26(10-11-27(14)21(29)33-22(2,3)4)15-6-8-16(9-7-15)32-19-17(23)12-25-20(24)18(19)28(30)31/h6-9,12,14H,5,10-11,13H2,1-4H3,(H2,24,25)/t14-/m0/s1. The van der Waals surface area contributed by atoms with Gasteiger partial charge in [0.15, 0.2) is 0 Å². The third-order valence-corrected chi connectivity index (χ3v) is 5.45. The number of nitrogen functional groups attached to an aromatic ring is 1. The highest BCUT2D eigenvalue weighted by Crippen LogP contribution is 2.40. The number of rotatable bonds is 5. The number of ether oxygens (including phenoxy) is 2. The van der Waals surface area contributed by atoms with Crippen LogP contribution in [0.1, 0.15) is 34.1 Å². The molecule has 0 spiro atoms. The van der Waals surface area contributed by atoms with E-state index in [1.165, 1.54) is 6.20 Å². The Morgan fingerprint density at radius 3 is 2.55 bits per heavy atom. The van der Waals surface area contributed by atoms with Crippen molar-refractivity contribution in [3.63, 3.8) is 0 Å². The Hall–Kier alpha value is -3.27. The molecule has 1 fully saturated rings. The molecule has 1 aliphatic heterocycles. The molecule has 1 aliphatic rings. The van der Waals surface area contributed by atoms with E-state index >= 15 is 0 Å². The van der Waals surface area contributed by atoms with Gasteiger partial charge in [-0.1, -0.05) is 18.5 Å². The number of aromatic nitrogens is 1. The van der Waals surface area contributed by atoms with Crippen LogP contribution in [0.4, 0.5) is 22.0 Å². The van der Waals surface area contributed by atoms with E-state index in [9.17, 15) is 14.9 Å². The summed E-state index contributed by atoms with van der Waals surface area (Å²) in [6, 6.07) is 7.14. The van der Waals surface area contributed by atoms with E-state index in [2.05, 4.69) is 9.88 Å². The van der Waals surface area contributed by atoms with E-state index in [1.54, 1.807) is 17.0 Å². The van der Waals surface area contributed by atoms with Crippen LogP contribution in [0.25, 0.3) is 0 Å². The van der Waals surface area contributed by atoms with Crippen LogP contribution < -0.4 is 15.4 Å². The minimum atomic E-state index is -0.674. The highest BCUT2D eigenvalue weighted by Gasteiger charge is 2.32. The molecular formula is C22H28ClN5O5. The first-order valence-corrected chi connectivity index (χ1v) is 11.0. The zero-order valence-electron chi connectivity index (χ0n) is 19.1. The highest BCUT2D eigenvalue weighted by atomic mass is 35.5. The lowest BCUT2D eigenvalue weighted by Crippen LogP contribution is -2.56. The van der Waals surface area contributed by atoms with Crippen molar-refractivity contribution in [2.45, 2.75) is 45.8 Å². The lowest BCUT2D eigenvalue weighted by Gasteiger charge is -2.42. The summed E-state index contributed by atoms with van der Waals surface area (Å²) >= 11 is 6.06. The number of anilines is 2. The quantitative estimate of drug-likeness (QED) is 0.478. The van der Waals surface area contributed by atoms with Gasteiger partial charge in [0.25, 0.3) is 0 Å². The fourth-order valence-electron chi connectivity index (χ4n) is 3.59. The molecule has 0 saturated carbocycles. The SMILES string of the molecule is CC[C@H]1CN(c2ccc(Oc3c(Cl)cnc(N)c3[N+](=O)[O-])cc2)CCN1C(=O)OC(C)(C)C. The minimum absolute atomic E-state index is 0.0102. The summed E-state index contributed by atoms with van der Waals surface area (Å²) in [6.07, 6.45) is 1.71. The van der Waals surface area contributed by atoms with Gasteiger partial charge in [0, 0.05) is 25.3 Å². The van der Waals surface area contributed by atoms with E-state index in [-0.39, 0.29) is 28.7 Å². The van der Waals surface area contributed by atoms with Gasteiger partial charge in [0.05, 0.1) is 17.2 Å². The molecule has 1 amide bonds. The Balaban J connectivity index is 1.72. The van der Waals surface area contributed by atoms with E-state index in [0.717, 1.165) is 12.1 Å². The number of nitro groups is 1. The minimum Gasteiger partial charge on any atom is -0.448 e. The van der Waals surface area contributed by atoms with Gasteiger partial charge in [0.2, 0.25) is 11.6 Å². The Morgan fingerprint density at radius 1 is 1.30 bits per heavy atom. The number of piperazine rings is 1. The van der Waals surface area contributed by atoms with Crippen LogP contribution in [-0.2, 0) is 4.74 Å². The normalized spacial score (nSPS) is 16.5. The molecule has 33 heavy (non-hydrogen) atoms. The van der Waals surface area contributed by atoms with Crippen LogP contribution in [0.3, 0.4) is 0 Å². The Labute approximate surface area is 197 Å². The topological polar surface area (TPSA) is 124 Å². The van der Waals surface area contributed by atoms with Gasteiger partial charge in [-0.3, -0.25) is 10.1 Å². The summed E-state index contributed by atoms with van der Waals surface area (Å²) in [6.45, 7) is 9.46. The molecule has 2 N–H and O–H groups in total. The largest absolute Gasteiger partial charge is 0.448 e. The lowest BCUT2D eigenvalue weighted by atomic mass is 10.1. The summed E-state index contributed by atoms with van der Waals surface area (Å²) in [5, 5.41) is 11.3. The number of benzene rings is 1. The molecule has 1 saturated heterocycles. The first kappa shape index (κ1) is 24.4. The van der Waals surface area contributed by atoms with Crippen molar-refractivity contribution in [3.05, 3.63) is 45.6 Å². The molecule has 0 radical (unpaired) electrons. The lowest BCUT2D eigenvalue weighted by molar-refractivity contribution is -0.384. The highest BCUT2D eigenvalue weighted by molar-refractivity contribution is 6.32. The zero-order valence-corrected chi connectivity index (χ0v) is 19.8.